The first-order chi connectivity index (χ1) is 14.5. The van der Waals surface area contributed by atoms with Gasteiger partial charge in [-0.1, -0.05) is 36.4 Å². The molecule has 1 aliphatic heterocycles. The molecule has 2 N–H and O–H groups in total. The Morgan fingerprint density at radius 2 is 1.77 bits per heavy atom. The molecule has 3 rings (SSSR count). The van der Waals surface area contributed by atoms with Gasteiger partial charge in [0.1, 0.15) is 12.4 Å². The highest BCUT2D eigenvalue weighted by Gasteiger charge is 2.34. The smallest absolute Gasteiger partial charge is 0.338 e. The van der Waals surface area contributed by atoms with E-state index in [0.717, 1.165) is 0 Å². The van der Waals surface area contributed by atoms with Crippen molar-refractivity contribution in [3.63, 3.8) is 0 Å². The van der Waals surface area contributed by atoms with Gasteiger partial charge in [-0.05, 0) is 30.7 Å². The minimum absolute atomic E-state index is 0.161. The van der Waals surface area contributed by atoms with Gasteiger partial charge in [-0.15, -0.1) is 0 Å². The van der Waals surface area contributed by atoms with E-state index in [9.17, 15) is 14.4 Å². The Bertz CT molecular complexity index is 971. The fourth-order valence-electron chi connectivity index (χ4n) is 3.05. The fourth-order valence-corrected chi connectivity index (χ4v) is 3.05. The first-order valence-corrected chi connectivity index (χ1v) is 9.37. The van der Waals surface area contributed by atoms with Crippen LogP contribution in [0, 0.1) is 0 Å². The largest absolute Gasteiger partial charge is 0.497 e. The van der Waals surface area contributed by atoms with Crippen LogP contribution in [0.4, 0.5) is 4.79 Å². The van der Waals surface area contributed by atoms with Gasteiger partial charge in [0, 0.05) is 0 Å². The van der Waals surface area contributed by atoms with Crippen LogP contribution in [0.1, 0.15) is 28.9 Å². The molecule has 0 aliphatic carbocycles. The molecule has 8 heteroatoms. The quantitative estimate of drug-likeness (QED) is 0.681. The Hall–Kier alpha value is -3.81. The molecular weight excluding hydrogens is 388 g/mol. The summed E-state index contributed by atoms with van der Waals surface area (Å²) in [5.74, 6) is -0.713. The minimum Gasteiger partial charge on any atom is -0.497 e. The van der Waals surface area contributed by atoms with Crippen molar-refractivity contribution < 1.29 is 28.6 Å². The lowest BCUT2D eigenvalue weighted by Crippen LogP contribution is -2.47. The third kappa shape index (κ3) is 4.78. The predicted molar refractivity (Wildman–Crippen MR) is 108 cm³/mol. The molecule has 0 spiro atoms. The molecular formula is C22H22N2O6. The molecule has 2 aromatic rings. The van der Waals surface area contributed by atoms with Crippen LogP contribution >= 0.6 is 0 Å². The zero-order chi connectivity index (χ0) is 21.5. The van der Waals surface area contributed by atoms with Crippen LogP contribution in [0.25, 0.3) is 0 Å². The number of esters is 2. The van der Waals surface area contributed by atoms with Crippen LogP contribution < -0.4 is 15.4 Å². The van der Waals surface area contributed by atoms with Gasteiger partial charge in [-0.3, -0.25) is 0 Å². The number of hydrogen-bond donors (Lipinski definition) is 2. The maximum Gasteiger partial charge on any atom is 0.338 e. The van der Waals surface area contributed by atoms with Crippen molar-refractivity contribution >= 4 is 18.0 Å². The maximum absolute atomic E-state index is 12.7. The number of benzene rings is 2. The van der Waals surface area contributed by atoms with Gasteiger partial charge in [-0.2, -0.15) is 0 Å². The zero-order valence-corrected chi connectivity index (χ0v) is 16.6. The molecule has 2 amide bonds. The van der Waals surface area contributed by atoms with E-state index in [4.69, 9.17) is 14.2 Å². The van der Waals surface area contributed by atoms with Gasteiger partial charge in [-0.25, -0.2) is 14.4 Å². The summed E-state index contributed by atoms with van der Waals surface area (Å²) in [6.07, 6.45) is 0. The monoisotopic (exact) mass is 410 g/mol. The highest BCUT2D eigenvalue weighted by molar-refractivity contribution is 5.95. The number of ether oxygens (including phenoxy) is 3. The summed E-state index contributed by atoms with van der Waals surface area (Å²) < 4.78 is 15.6. The molecule has 1 unspecified atom stereocenters. The van der Waals surface area contributed by atoms with E-state index in [0.29, 0.717) is 11.3 Å². The number of methoxy groups -OCH3 is 1. The second kappa shape index (κ2) is 9.60. The summed E-state index contributed by atoms with van der Waals surface area (Å²) in [6, 6.07) is 14.3. The van der Waals surface area contributed by atoms with Crippen LogP contribution in [0.2, 0.25) is 0 Å². The Morgan fingerprint density at radius 3 is 2.47 bits per heavy atom. The first kappa shape index (κ1) is 20.9. The van der Waals surface area contributed by atoms with Gasteiger partial charge in [0.25, 0.3) is 0 Å². The lowest BCUT2D eigenvalue weighted by molar-refractivity contribution is -0.139. The van der Waals surface area contributed by atoms with Crippen molar-refractivity contribution in [2.45, 2.75) is 13.0 Å². The van der Waals surface area contributed by atoms with Crippen LogP contribution in [0.15, 0.2) is 65.9 Å². The first-order valence-electron chi connectivity index (χ1n) is 9.37. The van der Waals surface area contributed by atoms with Gasteiger partial charge in [0.2, 0.25) is 0 Å². The Balaban J connectivity index is 1.89. The molecule has 0 aromatic heterocycles. The summed E-state index contributed by atoms with van der Waals surface area (Å²) in [7, 11) is 1.50. The minimum atomic E-state index is -0.732. The van der Waals surface area contributed by atoms with Crippen molar-refractivity contribution in [2.75, 3.05) is 20.3 Å². The molecule has 0 fully saturated rings. The van der Waals surface area contributed by atoms with Crippen molar-refractivity contribution in [3.8, 4) is 5.75 Å². The third-order valence-corrected chi connectivity index (χ3v) is 4.43. The van der Waals surface area contributed by atoms with Gasteiger partial charge in [0.15, 0.2) is 0 Å². The lowest BCUT2D eigenvalue weighted by atomic mass is 9.95. The molecule has 0 bridgehead atoms. The molecule has 30 heavy (non-hydrogen) atoms. The average molecular weight is 410 g/mol. The molecule has 2 aromatic carbocycles. The van der Waals surface area contributed by atoms with Gasteiger partial charge >= 0.3 is 18.0 Å². The highest BCUT2D eigenvalue weighted by atomic mass is 16.5. The Kier molecular flexibility index (Phi) is 6.69. The second-order valence-electron chi connectivity index (χ2n) is 6.36. The summed E-state index contributed by atoms with van der Waals surface area (Å²) in [4.78, 5) is 37.3. The summed E-state index contributed by atoms with van der Waals surface area (Å²) in [5.41, 5.74) is 1.34. The standard InChI is InChI=1S/C22H22N2O6/c1-3-29-21(26)18-17(13-30-20(25)15-10-7-11-16(12-15)28-2)23-22(27)24-19(18)14-8-5-4-6-9-14/h4-12,19H,3,13H2,1-2H3,(H2,23,24,27). The van der Waals surface area contributed by atoms with Crippen molar-refractivity contribution in [1.82, 2.24) is 10.6 Å². The van der Waals surface area contributed by atoms with E-state index in [1.54, 1.807) is 49.4 Å². The fraction of sp³-hybridized carbons (Fsp3) is 0.227. The van der Waals surface area contributed by atoms with Gasteiger partial charge in [0.05, 0.1) is 36.6 Å². The Morgan fingerprint density at radius 1 is 1.00 bits per heavy atom. The van der Waals surface area contributed by atoms with E-state index >= 15 is 0 Å². The number of carbonyl (C=O) groups excluding carboxylic acids is 3. The summed E-state index contributed by atoms with van der Waals surface area (Å²) in [6.45, 7) is 1.54. The van der Waals surface area contributed by atoms with Crippen molar-refractivity contribution in [2.24, 2.45) is 0 Å². The molecule has 1 heterocycles. The van der Waals surface area contributed by atoms with Crippen LogP contribution in [-0.4, -0.2) is 38.3 Å². The molecule has 8 nitrogen and oxygen atoms in total. The number of nitrogens with one attached hydrogen (secondary N) is 2. The second-order valence-corrected chi connectivity index (χ2v) is 6.36. The number of rotatable bonds is 7. The Labute approximate surface area is 173 Å². The molecule has 1 atom stereocenters. The average Bonchev–Trinajstić information content (AvgIpc) is 2.77. The molecule has 1 aliphatic rings. The number of hydrogen-bond acceptors (Lipinski definition) is 6. The van der Waals surface area contributed by atoms with E-state index in [1.165, 1.54) is 13.2 Å². The lowest BCUT2D eigenvalue weighted by Gasteiger charge is -2.29. The zero-order valence-electron chi connectivity index (χ0n) is 16.6. The molecule has 0 radical (unpaired) electrons. The van der Waals surface area contributed by atoms with Crippen molar-refractivity contribution in [1.29, 1.82) is 0 Å². The highest BCUT2D eigenvalue weighted by Crippen LogP contribution is 2.28. The molecule has 0 saturated heterocycles. The van der Waals surface area contributed by atoms with Crippen LogP contribution in [-0.2, 0) is 14.3 Å². The number of carbonyl (C=O) groups is 3. The molecule has 156 valence electrons. The maximum atomic E-state index is 12.7. The molecule has 0 saturated carbocycles. The topological polar surface area (TPSA) is 103 Å². The van der Waals surface area contributed by atoms with Crippen molar-refractivity contribution in [3.05, 3.63) is 77.0 Å². The third-order valence-electron chi connectivity index (χ3n) is 4.43. The normalized spacial score (nSPS) is 15.7. The van der Waals surface area contributed by atoms with E-state index in [2.05, 4.69) is 10.6 Å². The predicted octanol–water partition coefficient (Wildman–Crippen LogP) is 2.72. The SMILES string of the molecule is CCOC(=O)C1=C(COC(=O)c2cccc(OC)c2)NC(=O)NC1c1ccccc1. The van der Waals surface area contributed by atoms with Crippen LogP contribution in [0.5, 0.6) is 5.75 Å². The summed E-state index contributed by atoms with van der Waals surface area (Å²) in [5, 5.41) is 5.28. The number of amides is 2. The van der Waals surface area contributed by atoms with E-state index in [1.807, 2.05) is 6.07 Å². The summed E-state index contributed by atoms with van der Waals surface area (Å²) >= 11 is 0. The van der Waals surface area contributed by atoms with Gasteiger partial charge < -0.3 is 24.8 Å². The van der Waals surface area contributed by atoms with E-state index in [-0.39, 0.29) is 30.0 Å². The van der Waals surface area contributed by atoms with E-state index < -0.39 is 24.0 Å². The van der Waals surface area contributed by atoms with Crippen LogP contribution in [0.3, 0.4) is 0 Å². The number of urea groups is 1.